The molecule has 1 aliphatic heterocycles. The summed E-state index contributed by atoms with van der Waals surface area (Å²) >= 11 is 0. The summed E-state index contributed by atoms with van der Waals surface area (Å²) in [6, 6.07) is 0. The van der Waals surface area contributed by atoms with Crippen LogP contribution in [0.3, 0.4) is 0 Å². The Bertz CT molecular complexity index is 222. The Morgan fingerprint density at radius 3 is 2.36 bits per heavy atom. The Morgan fingerprint density at radius 2 is 2.00 bits per heavy atom. The van der Waals surface area contributed by atoms with Crippen LogP contribution in [0, 0.1) is 5.92 Å². The molecule has 0 bridgehead atoms. The van der Waals surface area contributed by atoms with Crippen LogP contribution >= 0.6 is 0 Å². The average molecular weight is 194 g/mol. The number of nitrogens with zero attached hydrogens (tertiary/aromatic N) is 1. The molecule has 0 unspecified atom stereocenters. The van der Waals surface area contributed by atoms with Crippen LogP contribution < -0.4 is 5.32 Å². The van der Waals surface area contributed by atoms with E-state index in [0.717, 1.165) is 24.6 Å². The lowest BCUT2D eigenvalue weighted by Gasteiger charge is -1.93. The van der Waals surface area contributed by atoms with E-state index in [0.29, 0.717) is 0 Å². The molecule has 0 aliphatic carbocycles. The van der Waals surface area contributed by atoms with Crippen molar-refractivity contribution in [2.75, 3.05) is 6.54 Å². The van der Waals surface area contributed by atoms with Crippen LogP contribution in [-0.4, -0.2) is 12.8 Å². The summed E-state index contributed by atoms with van der Waals surface area (Å²) in [6.07, 6.45) is 4.49. The molecule has 14 heavy (non-hydrogen) atoms. The van der Waals surface area contributed by atoms with Gasteiger partial charge in [0, 0.05) is 19.0 Å². The lowest BCUT2D eigenvalue weighted by molar-refractivity contribution is 0.737. The van der Waals surface area contributed by atoms with E-state index in [9.17, 15) is 0 Å². The van der Waals surface area contributed by atoms with E-state index in [2.05, 4.69) is 44.6 Å². The highest BCUT2D eigenvalue weighted by atomic mass is 14.9. The van der Waals surface area contributed by atoms with E-state index in [-0.39, 0.29) is 0 Å². The van der Waals surface area contributed by atoms with E-state index in [1.807, 2.05) is 6.21 Å². The molecular formula is C12H22N2. The molecule has 2 heteroatoms. The predicted octanol–water partition coefficient (Wildman–Crippen LogP) is 3.13. The highest BCUT2D eigenvalue weighted by Crippen LogP contribution is 2.09. The first kappa shape index (κ1) is 12.9. The standard InChI is InChI=1S/C8H12N2.C4H10/c1-3-9-6-8-7(2)4-5-10-8;1-4(2)3/h3,6,10H,1,4-5H2,2H3;4H,1-3H3. The van der Waals surface area contributed by atoms with E-state index in [1.165, 1.54) is 5.57 Å². The summed E-state index contributed by atoms with van der Waals surface area (Å²) in [5, 5.41) is 3.22. The van der Waals surface area contributed by atoms with Gasteiger partial charge in [0.2, 0.25) is 0 Å². The second-order valence-corrected chi connectivity index (χ2v) is 4.06. The maximum absolute atomic E-state index is 3.92. The van der Waals surface area contributed by atoms with Gasteiger partial charge in [-0.05, 0) is 24.8 Å². The Hall–Kier alpha value is -1.05. The SMILES string of the molecule is C=CN=CC1=C(C)CCN1.CC(C)C. The molecule has 0 aromatic heterocycles. The van der Waals surface area contributed by atoms with Crippen molar-refractivity contribution in [3.05, 3.63) is 24.0 Å². The minimum absolute atomic E-state index is 0.833. The fourth-order valence-electron chi connectivity index (χ4n) is 0.953. The van der Waals surface area contributed by atoms with E-state index >= 15 is 0 Å². The van der Waals surface area contributed by atoms with Crippen LogP contribution in [0.15, 0.2) is 29.0 Å². The van der Waals surface area contributed by atoms with Crippen LogP contribution in [0.1, 0.15) is 34.1 Å². The molecule has 0 amide bonds. The van der Waals surface area contributed by atoms with Gasteiger partial charge in [0.25, 0.3) is 0 Å². The fourth-order valence-corrected chi connectivity index (χ4v) is 0.953. The topological polar surface area (TPSA) is 24.4 Å². The molecule has 0 radical (unpaired) electrons. The summed E-state index contributed by atoms with van der Waals surface area (Å²) < 4.78 is 0. The van der Waals surface area contributed by atoms with Crippen LogP contribution in [-0.2, 0) is 0 Å². The maximum Gasteiger partial charge on any atom is 0.0516 e. The largest absolute Gasteiger partial charge is 0.384 e. The van der Waals surface area contributed by atoms with Crippen molar-refractivity contribution in [2.24, 2.45) is 10.9 Å². The first-order valence-corrected chi connectivity index (χ1v) is 5.15. The molecule has 1 N–H and O–H groups in total. The molecule has 2 nitrogen and oxygen atoms in total. The molecule has 0 aromatic carbocycles. The van der Waals surface area contributed by atoms with Gasteiger partial charge in [-0.2, -0.15) is 0 Å². The van der Waals surface area contributed by atoms with Crippen molar-refractivity contribution in [1.82, 2.24) is 5.32 Å². The quantitative estimate of drug-likeness (QED) is 0.671. The lowest BCUT2D eigenvalue weighted by atomic mass is 10.2. The highest BCUT2D eigenvalue weighted by molar-refractivity contribution is 5.79. The molecule has 0 atom stereocenters. The first-order valence-electron chi connectivity index (χ1n) is 5.15. The zero-order chi connectivity index (χ0) is 11.0. The first-order chi connectivity index (χ1) is 6.57. The summed E-state index contributed by atoms with van der Waals surface area (Å²) in [5.74, 6) is 0.833. The van der Waals surface area contributed by atoms with E-state index < -0.39 is 0 Å². The third kappa shape index (κ3) is 6.46. The number of aliphatic imine (C=N–C) groups is 1. The summed E-state index contributed by atoms with van der Waals surface area (Å²) in [7, 11) is 0. The summed E-state index contributed by atoms with van der Waals surface area (Å²) in [4.78, 5) is 3.92. The van der Waals surface area contributed by atoms with Crippen LogP contribution in [0.4, 0.5) is 0 Å². The van der Waals surface area contributed by atoms with Crippen LogP contribution in [0.25, 0.3) is 0 Å². The van der Waals surface area contributed by atoms with Crippen molar-refractivity contribution < 1.29 is 0 Å². The summed E-state index contributed by atoms with van der Waals surface area (Å²) in [5.41, 5.74) is 2.53. The van der Waals surface area contributed by atoms with Gasteiger partial charge in [0.05, 0.1) is 5.70 Å². The summed E-state index contributed by atoms with van der Waals surface area (Å²) in [6.45, 7) is 13.2. The molecule has 1 heterocycles. The van der Waals surface area contributed by atoms with Gasteiger partial charge in [-0.1, -0.05) is 27.4 Å². The molecule has 0 saturated carbocycles. The van der Waals surface area contributed by atoms with Crippen molar-refractivity contribution in [3.8, 4) is 0 Å². The van der Waals surface area contributed by atoms with Crippen molar-refractivity contribution >= 4 is 6.21 Å². The molecule has 0 spiro atoms. The fraction of sp³-hybridized carbons (Fsp3) is 0.583. The number of hydrogen-bond donors (Lipinski definition) is 1. The van der Waals surface area contributed by atoms with Gasteiger partial charge >= 0.3 is 0 Å². The zero-order valence-electron chi connectivity index (χ0n) is 9.80. The molecule has 0 aromatic rings. The number of allylic oxidation sites excluding steroid dienone is 1. The predicted molar refractivity (Wildman–Crippen MR) is 64.5 cm³/mol. The third-order valence-corrected chi connectivity index (χ3v) is 1.58. The zero-order valence-corrected chi connectivity index (χ0v) is 9.80. The van der Waals surface area contributed by atoms with Gasteiger partial charge in [0.15, 0.2) is 0 Å². The third-order valence-electron chi connectivity index (χ3n) is 1.58. The van der Waals surface area contributed by atoms with E-state index in [1.54, 1.807) is 6.20 Å². The van der Waals surface area contributed by atoms with Gasteiger partial charge in [-0.25, -0.2) is 0 Å². The minimum Gasteiger partial charge on any atom is -0.384 e. The molecule has 80 valence electrons. The minimum atomic E-state index is 0.833. The van der Waals surface area contributed by atoms with Gasteiger partial charge in [-0.15, -0.1) is 0 Å². The van der Waals surface area contributed by atoms with Gasteiger partial charge in [0.1, 0.15) is 0 Å². The van der Waals surface area contributed by atoms with Crippen LogP contribution in [0.5, 0.6) is 0 Å². The van der Waals surface area contributed by atoms with Crippen molar-refractivity contribution in [2.45, 2.75) is 34.1 Å². The Labute approximate surface area is 87.8 Å². The van der Waals surface area contributed by atoms with Crippen LogP contribution in [0.2, 0.25) is 0 Å². The smallest absolute Gasteiger partial charge is 0.0516 e. The lowest BCUT2D eigenvalue weighted by Crippen LogP contribution is -2.07. The van der Waals surface area contributed by atoms with Crippen molar-refractivity contribution in [3.63, 3.8) is 0 Å². The molecule has 1 rings (SSSR count). The van der Waals surface area contributed by atoms with E-state index in [4.69, 9.17) is 0 Å². The molecule has 0 fully saturated rings. The second-order valence-electron chi connectivity index (χ2n) is 4.06. The molecular weight excluding hydrogens is 172 g/mol. The molecule has 0 saturated heterocycles. The maximum atomic E-state index is 3.92. The number of rotatable bonds is 2. The Kier molecular flexibility index (Phi) is 6.81. The Balaban J connectivity index is 0.000000364. The number of nitrogens with one attached hydrogen (secondary N) is 1. The van der Waals surface area contributed by atoms with Crippen molar-refractivity contribution in [1.29, 1.82) is 0 Å². The average Bonchev–Trinajstić information content (AvgIpc) is 2.47. The second kappa shape index (κ2) is 7.36. The van der Waals surface area contributed by atoms with Gasteiger partial charge < -0.3 is 5.32 Å². The monoisotopic (exact) mass is 194 g/mol. The number of hydrogen-bond acceptors (Lipinski definition) is 2. The highest BCUT2D eigenvalue weighted by Gasteiger charge is 2.05. The van der Waals surface area contributed by atoms with Gasteiger partial charge in [-0.3, -0.25) is 4.99 Å². The Morgan fingerprint density at radius 1 is 1.43 bits per heavy atom. The normalized spacial score (nSPS) is 15.5. The molecule has 1 aliphatic rings.